The average molecular weight is 485 g/mol. The molecule has 0 aliphatic heterocycles. The number of pyridine rings is 1. The fourth-order valence-corrected chi connectivity index (χ4v) is 4.23. The zero-order valence-electron chi connectivity index (χ0n) is 18.6. The number of halogens is 1. The lowest BCUT2D eigenvalue weighted by Gasteiger charge is -2.22. The number of benzene rings is 2. The molecule has 0 unspecified atom stereocenters. The van der Waals surface area contributed by atoms with Crippen molar-refractivity contribution in [3.05, 3.63) is 90.0 Å². The van der Waals surface area contributed by atoms with Gasteiger partial charge in [-0.05, 0) is 54.4 Å². The molecule has 178 valence electrons. The van der Waals surface area contributed by atoms with Crippen molar-refractivity contribution in [1.82, 2.24) is 10.3 Å². The van der Waals surface area contributed by atoms with Gasteiger partial charge in [0.15, 0.2) is 0 Å². The minimum absolute atomic E-state index is 0.0266. The van der Waals surface area contributed by atoms with E-state index < -0.39 is 15.8 Å². The van der Waals surface area contributed by atoms with Crippen LogP contribution in [0.2, 0.25) is 0 Å². The molecular weight excluding hydrogens is 459 g/mol. The van der Waals surface area contributed by atoms with Gasteiger partial charge in [-0.3, -0.25) is 18.9 Å². The highest BCUT2D eigenvalue weighted by atomic mass is 32.2. The Hall–Kier alpha value is -3.79. The van der Waals surface area contributed by atoms with Gasteiger partial charge < -0.3 is 10.6 Å². The molecule has 0 fully saturated rings. The van der Waals surface area contributed by atoms with Crippen LogP contribution in [0.4, 0.5) is 15.8 Å². The monoisotopic (exact) mass is 484 g/mol. The second-order valence-electron chi connectivity index (χ2n) is 7.55. The van der Waals surface area contributed by atoms with Gasteiger partial charge in [0.25, 0.3) is 5.91 Å². The zero-order valence-corrected chi connectivity index (χ0v) is 19.4. The van der Waals surface area contributed by atoms with E-state index >= 15 is 0 Å². The molecule has 34 heavy (non-hydrogen) atoms. The second-order valence-corrected chi connectivity index (χ2v) is 9.46. The van der Waals surface area contributed by atoms with Crippen LogP contribution in [-0.4, -0.2) is 38.0 Å². The molecule has 3 rings (SSSR count). The smallest absolute Gasteiger partial charge is 0.253 e. The van der Waals surface area contributed by atoms with Crippen molar-refractivity contribution >= 4 is 33.2 Å². The number of anilines is 2. The van der Waals surface area contributed by atoms with Crippen LogP contribution in [0.25, 0.3) is 0 Å². The molecule has 2 amide bonds. The maximum atomic E-state index is 13.2. The van der Waals surface area contributed by atoms with Crippen molar-refractivity contribution in [2.75, 3.05) is 22.4 Å². The third-order valence-corrected chi connectivity index (χ3v) is 6.10. The van der Waals surface area contributed by atoms with Gasteiger partial charge in [0, 0.05) is 31.9 Å². The van der Waals surface area contributed by atoms with E-state index in [1.807, 2.05) is 6.07 Å². The van der Waals surface area contributed by atoms with Crippen LogP contribution in [0.1, 0.15) is 28.8 Å². The molecule has 0 atom stereocenters. The molecule has 8 nitrogen and oxygen atoms in total. The van der Waals surface area contributed by atoms with Crippen molar-refractivity contribution in [2.45, 2.75) is 19.4 Å². The van der Waals surface area contributed by atoms with Crippen molar-refractivity contribution in [3.63, 3.8) is 0 Å². The first-order valence-corrected chi connectivity index (χ1v) is 12.4. The van der Waals surface area contributed by atoms with E-state index in [0.717, 1.165) is 16.1 Å². The third-order valence-electron chi connectivity index (χ3n) is 4.90. The summed E-state index contributed by atoms with van der Waals surface area (Å²) in [6, 6.07) is 15.3. The fraction of sp³-hybridized carbons (Fsp3) is 0.208. The number of carbonyl (C=O) groups excluding carboxylic acids is 2. The van der Waals surface area contributed by atoms with Gasteiger partial charge in [0.1, 0.15) is 5.82 Å². The quantitative estimate of drug-likeness (QED) is 0.459. The molecule has 0 saturated carbocycles. The first-order chi connectivity index (χ1) is 16.2. The normalized spacial score (nSPS) is 11.0. The van der Waals surface area contributed by atoms with Crippen molar-refractivity contribution < 1.29 is 22.4 Å². The van der Waals surface area contributed by atoms with Crippen LogP contribution >= 0.6 is 0 Å². The lowest BCUT2D eigenvalue weighted by molar-refractivity contribution is -0.116. The minimum atomic E-state index is -3.61. The number of nitrogens with one attached hydrogen (secondary N) is 2. The first kappa shape index (κ1) is 24.8. The Morgan fingerprint density at radius 3 is 2.44 bits per heavy atom. The summed E-state index contributed by atoms with van der Waals surface area (Å²) in [5.74, 6) is -1.18. The SMILES string of the molecule is CS(=O)(=O)N(CCCC(=O)Nc1ccccc1C(=O)NCc1cccnc1)c1ccc(F)cc1. The first-order valence-electron chi connectivity index (χ1n) is 10.5. The predicted octanol–water partition coefficient (Wildman–Crippen LogP) is 3.34. The highest BCUT2D eigenvalue weighted by Crippen LogP contribution is 2.19. The largest absolute Gasteiger partial charge is 0.348 e. The van der Waals surface area contributed by atoms with Crippen LogP contribution in [0, 0.1) is 5.82 Å². The molecule has 2 aromatic carbocycles. The summed E-state index contributed by atoms with van der Waals surface area (Å²) in [5.41, 5.74) is 1.83. The second kappa shape index (κ2) is 11.4. The van der Waals surface area contributed by atoms with Crippen LogP contribution in [0.3, 0.4) is 0 Å². The number of amides is 2. The maximum absolute atomic E-state index is 13.2. The number of nitrogens with zero attached hydrogens (tertiary/aromatic N) is 2. The summed E-state index contributed by atoms with van der Waals surface area (Å²) in [7, 11) is -3.61. The van der Waals surface area contributed by atoms with Crippen LogP contribution in [0.15, 0.2) is 73.1 Å². The molecule has 0 aliphatic rings. The highest BCUT2D eigenvalue weighted by Gasteiger charge is 2.18. The van der Waals surface area contributed by atoms with E-state index in [0.29, 0.717) is 23.5 Å². The summed E-state index contributed by atoms with van der Waals surface area (Å²) < 4.78 is 38.6. The van der Waals surface area contributed by atoms with Gasteiger partial charge in [-0.2, -0.15) is 0 Å². The van der Waals surface area contributed by atoms with Crippen molar-refractivity contribution in [1.29, 1.82) is 0 Å². The molecule has 1 aromatic heterocycles. The molecule has 0 bridgehead atoms. The lowest BCUT2D eigenvalue weighted by atomic mass is 10.1. The molecule has 0 spiro atoms. The van der Waals surface area contributed by atoms with Gasteiger partial charge in [-0.15, -0.1) is 0 Å². The molecule has 0 saturated heterocycles. The number of rotatable bonds is 10. The molecule has 1 heterocycles. The Kier molecular flexibility index (Phi) is 8.31. The van der Waals surface area contributed by atoms with E-state index in [1.54, 1.807) is 42.7 Å². The predicted molar refractivity (Wildman–Crippen MR) is 128 cm³/mol. The number of aromatic nitrogens is 1. The van der Waals surface area contributed by atoms with E-state index in [1.165, 1.54) is 24.3 Å². The Morgan fingerprint density at radius 1 is 1.03 bits per heavy atom. The molecule has 10 heteroatoms. The summed E-state index contributed by atoms with van der Waals surface area (Å²) in [4.78, 5) is 29.1. The fourth-order valence-electron chi connectivity index (χ4n) is 3.26. The summed E-state index contributed by atoms with van der Waals surface area (Å²) in [6.07, 6.45) is 4.60. The van der Waals surface area contributed by atoms with Crippen LogP contribution in [0.5, 0.6) is 0 Å². The number of carbonyl (C=O) groups is 2. The van der Waals surface area contributed by atoms with Crippen LogP contribution in [-0.2, 0) is 21.4 Å². The maximum Gasteiger partial charge on any atom is 0.253 e. The highest BCUT2D eigenvalue weighted by molar-refractivity contribution is 7.92. The molecule has 3 aromatic rings. The van der Waals surface area contributed by atoms with Gasteiger partial charge >= 0.3 is 0 Å². The Labute approximate surface area is 197 Å². The Balaban J connectivity index is 1.58. The topological polar surface area (TPSA) is 108 Å². The standard InChI is InChI=1S/C24H25FN4O4S/c1-34(32,33)29(20-12-10-19(25)11-13-20)15-5-9-23(30)28-22-8-3-2-7-21(22)24(31)27-17-18-6-4-14-26-16-18/h2-4,6-8,10-14,16H,5,9,15,17H2,1H3,(H,27,31)(H,28,30). The average Bonchev–Trinajstić information content (AvgIpc) is 2.81. The number of hydrogen-bond acceptors (Lipinski definition) is 5. The van der Waals surface area contributed by atoms with Crippen molar-refractivity contribution in [3.8, 4) is 0 Å². The Morgan fingerprint density at radius 2 is 1.76 bits per heavy atom. The Bertz CT molecular complexity index is 1240. The van der Waals surface area contributed by atoms with Crippen LogP contribution < -0.4 is 14.9 Å². The molecule has 2 N–H and O–H groups in total. The molecule has 0 radical (unpaired) electrons. The zero-order chi connectivity index (χ0) is 24.6. The van der Waals surface area contributed by atoms with Gasteiger partial charge in [0.2, 0.25) is 15.9 Å². The summed E-state index contributed by atoms with van der Waals surface area (Å²) in [5, 5.41) is 5.52. The van der Waals surface area contributed by atoms with Gasteiger partial charge in [-0.1, -0.05) is 18.2 Å². The minimum Gasteiger partial charge on any atom is -0.348 e. The van der Waals surface area contributed by atoms with E-state index in [2.05, 4.69) is 15.6 Å². The van der Waals surface area contributed by atoms with E-state index in [9.17, 15) is 22.4 Å². The molecule has 0 aliphatic carbocycles. The van der Waals surface area contributed by atoms with Crippen molar-refractivity contribution in [2.24, 2.45) is 0 Å². The van der Waals surface area contributed by atoms with Gasteiger partial charge in [0.05, 0.1) is 23.2 Å². The lowest BCUT2D eigenvalue weighted by Crippen LogP contribution is -2.31. The third kappa shape index (κ3) is 7.11. The number of hydrogen-bond donors (Lipinski definition) is 2. The molecular formula is C24H25FN4O4S. The number of sulfonamides is 1. The van der Waals surface area contributed by atoms with E-state index in [-0.39, 0.29) is 31.2 Å². The summed E-state index contributed by atoms with van der Waals surface area (Å²) in [6.45, 7) is 0.338. The number of para-hydroxylation sites is 1. The van der Waals surface area contributed by atoms with Gasteiger partial charge in [-0.25, -0.2) is 12.8 Å². The summed E-state index contributed by atoms with van der Waals surface area (Å²) >= 11 is 0. The van der Waals surface area contributed by atoms with E-state index in [4.69, 9.17) is 0 Å².